The summed E-state index contributed by atoms with van der Waals surface area (Å²) in [5, 5.41) is 3.26. The summed E-state index contributed by atoms with van der Waals surface area (Å²) in [7, 11) is 0. The van der Waals surface area contributed by atoms with Gasteiger partial charge in [0.25, 0.3) is 0 Å². The SMILES string of the molecule is CC(C)(C)SCCNCCN. The maximum Gasteiger partial charge on any atom is 0.00755 e. The summed E-state index contributed by atoms with van der Waals surface area (Å²) in [5.74, 6) is 1.17. The summed E-state index contributed by atoms with van der Waals surface area (Å²) in [6.07, 6.45) is 0. The van der Waals surface area contributed by atoms with Gasteiger partial charge in [0, 0.05) is 30.1 Å². The third kappa shape index (κ3) is 10.3. The van der Waals surface area contributed by atoms with Crippen LogP contribution in [0.2, 0.25) is 0 Å². The molecular weight excluding hydrogens is 156 g/mol. The van der Waals surface area contributed by atoms with Crippen LogP contribution in [0.5, 0.6) is 0 Å². The fourth-order valence-corrected chi connectivity index (χ4v) is 1.52. The molecule has 0 rings (SSSR count). The van der Waals surface area contributed by atoms with Crippen LogP contribution in [-0.4, -0.2) is 30.1 Å². The first-order valence-corrected chi connectivity index (χ1v) is 5.09. The highest BCUT2D eigenvalue weighted by Gasteiger charge is 2.08. The Morgan fingerprint density at radius 3 is 2.36 bits per heavy atom. The molecule has 0 heterocycles. The molecule has 0 atom stereocenters. The lowest BCUT2D eigenvalue weighted by Gasteiger charge is -2.17. The van der Waals surface area contributed by atoms with Crippen LogP contribution in [0.15, 0.2) is 0 Å². The van der Waals surface area contributed by atoms with Crippen LogP contribution in [0.4, 0.5) is 0 Å². The Morgan fingerprint density at radius 2 is 1.91 bits per heavy atom. The van der Waals surface area contributed by atoms with Crippen molar-refractivity contribution >= 4 is 11.8 Å². The third-order valence-electron chi connectivity index (χ3n) is 1.14. The van der Waals surface area contributed by atoms with Crippen LogP contribution >= 0.6 is 11.8 Å². The van der Waals surface area contributed by atoms with E-state index in [1.54, 1.807) is 0 Å². The molecule has 68 valence electrons. The minimum atomic E-state index is 0.393. The Balaban J connectivity index is 3.02. The molecule has 0 saturated carbocycles. The third-order valence-corrected chi connectivity index (χ3v) is 2.41. The first kappa shape index (κ1) is 11.3. The number of nitrogens with one attached hydrogen (secondary N) is 1. The summed E-state index contributed by atoms with van der Waals surface area (Å²) in [6.45, 7) is 9.45. The van der Waals surface area contributed by atoms with Crippen LogP contribution < -0.4 is 11.1 Å². The van der Waals surface area contributed by atoms with E-state index in [2.05, 4.69) is 26.1 Å². The van der Waals surface area contributed by atoms with Gasteiger partial charge < -0.3 is 11.1 Å². The molecule has 11 heavy (non-hydrogen) atoms. The molecule has 0 aliphatic heterocycles. The zero-order valence-electron chi connectivity index (χ0n) is 7.81. The van der Waals surface area contributed by atoms with E-state index in [1.807, 2.05) is 11.8 Å². The summed E-state index contributed by atoms with van der Waals surface area (Å²) in [4.78, 5) is 0. The number of nitrogens with two attached hydrogens (primary N) is 1. The second kappa shape index (κ2) is 5.86. The predicted molar refractivity (Wildman–Crippen MR) is 54.1 cm³/mol. The van der Waals surface area contributed by atoms with Gasteiger partial charge in [0.05, 0.1) is 0 Å². The Labute approximate surface area is 74.3 Å². The standard InChI is InChI=1S/C8H20N2S/c1-8(2,3)11-7-6-10-5-4-9/h10H,4-7,9H2,1-3H3. The van der Waals surface area contributed by atoms with Crippen molar-refractivity contribution in [3.63, 3.8) is 0 Å². The van der Waals surface area contributed by atoms with E-state index in [9.17, 15) is 0 Å². The largest absolute Gasteiger partial charge is 0.329 e. The van der Waals surface area contributed by atoms with Gasteiger partial charge in [0.1, 0.15) is 0 Å². The van der Waals surface area contributed by atoms with Crippen LogP contribution in [-0.2, 0) is 0 Å². The Morgan fingerprint density at radius 1 is 1.27 bits per heavy atom. The molecule has 0 saturated heterocycles. The van der Waals surface area contributed by atoms with Crippen molar-refractivity contribution in [3.8, 4) is 0 Å². The molecule has 0 aromatic heterocycles. The number of rotatable bonds is 5. The van der Waals surface area contributed by atoms with E-state index in [-0.39, 0.29) is 0 Å². The first-order valence-electron chi connectivity index (χ1n) is 4.11. The lowest BCUT2D eigenvalue weighted by Crippen LogP contribution is -2.25. The molecule has 0 aliphatic carbocycles. The first-order chi connectivity index (χ1) is 5.06. The zero-order valence-corrected chi connectivity index (χ0v) is 8.63. The smallest absolute Gasteiger partial charge is 0.00755 e. The second-order valence-corrected chi connectivity index (χ2v) is 5.42. The van der Waals surface area contributed by atoms with Crippen LogP contribution in [0.3, 0.4) is 0 Å². The lowest BCUT2D eigenvalue weighted by molar-refractivity contribution is 0.724. The van der Waals surface area contributed by atoms with Crippen molar-refractivity contribution in [1.29, 1.82) is 0 Å². The molecule has 3 heteroatoms. The molecule has 0 amide bonds. The summed E-state index contributed by atoms with van der Waals surface area (Å²) >= 11 is 1.98. The molecule has 3 N–H and O–H groups in total. The normalized spacial score (nSPS) is 12.0. The van der Waals surface area contributed by atoms with Crippen molar-refractivity contribution in [1.82, 2.24) is 5.32 Å². The number of hydrogen-bond donors (Lipinski definition) is 2. The van der Waals surface area contributed by atoms with Gasteiger partial charge in [-0.1, -0.05) is 20.8 Å². The molecule has 0 fully saturated rings. The van der Waals surface area contributed by atoms with Crippen molar-refractivity contribution in [3.05, 3.63) is 0 Å². The van der Waals surface area contributed by atoms with Crippen LogP contribution in [0.25, 0.3) is 0 Å². The van der Waals surface area contributed by atoms with Crippen LogP contribution in [0.1, 0.15) is 20.8 Å². The lowest BCUT2D eigenvalue weighted by atomic mass is 10.3. The van der Waals surface area contributed by atoms with E-state index < -0.39 is 0 Å². The summed E-state index contributed by atoms with van der Waals surface area (Å²) < 4.78 is 0.393. The fraction of sp³-hybridized carbons (Fsp3) is 1.00. The van der Waals surface area contributed by atoms with Crippen molar-refractivity contribution in [2.45, 2.75) is 25.5 Å². The average molecular weight is 176 g/mol. The Bertz CT molecular complexity index is 88.6. The maximum absolute atomic E-state index is 5.33. The molecule has 0 spiro atoms. The highest BCUT2D eigenvalue weighted by molar-refractivity contribution is 8.00. The van der Waals surface area contributed by atoms with Crippen LogP contribution in [0, 0.1) is 0 Å². The van der Waals surface area contributed by atoms with Gasteiger partial charge >= 0.3 is 0 Å². The molecule has 0 bridgehead atoms. The van der Waals surface area contributed by atoms with Gasteiger partial charge in [0.15, 0.2) is 0 Å². The van der Waals surface area contributed by atoms with Crippen molar-refractivity contribution in [2.75, 3.05) is 25.4 Å². The van der Waals surface area contributed by atoms with E-state index in [0.717, 1.165) is 19.6 Å². The van der Waals surface area contributed by atoms with Gasteiger partial charge in [-0.2, -0.15) is 11.8 Å². The highest BCUT2D eigenvalue weighted by Crippen LogP contribution is 2.21. The van der Waals surface area contributed by atoms with E-state index in [4.69, 9.17) is 5.73 Å². The fourth-order valence-electron chi connectivity index (χ4n) is 0.656. The molecule has 2 nitrogen and oxygen atoms in total. The van der Waals surface area contributed by atoms with Gasteiger partial charge in [0.2, 0.25) is 0 Å². The number of hydrogen-bond acceptors (Lipinski definition) is 3. The van der Waals surface area contributed by atoms with Gasteiger partial charge in [-0.05, 0) is 0 Å². The maximum atomic E-state index is 5.33. The van der Waals surface area contributed by atoms with E-state index in [1.165, 1.54) is 5.75 Å². The topological polar surface area (TPSA) is 38.0 Å². The van der Waals surface area contributed by atoms with Gasteiger partial charge in [-0.25, -0.2) is 0 Å². The molecule has 0 aromatic carbocycles. The predicted octanol–water partition coefficient (Wildman–Crippen LogP) is 1.07. The Hall–Kier alpha value is 0.270. The van der Waals surface area contributed by atoms with Crippen molar-refractivity contribution < 1.29 is 0 Å². The van der Waals surface area contributed by atoms with Crippen molar-refractivity contribution in [2.24, 2.45) is 5.73 Å². The van der Waals surface area contributed by atoms with E-state index >= 15 is 0 Å². The average Bonchev–Trinajstić information content (AvgIpc) is 1.85. The van der Waals surface area contributed by atoms with Gasteiger partial charge in [-0.3, -0.25) is 0 Å². The molecule has 0 aromatic rings. The Kier molecular flexibility index (Phi) is 6.01. The summed E-state index contributed by atoms with van der Waals surface area (Å²) in [6, 6.07) is 0. The molecule has 0 radical (unpaired) electrons. The minimum Gasteiger partial charge on any atom is -0.329 e. The zero-order chi connectivity index (χ0) is 8.74. The number of thioether (sulfide) groups is 1. The highest BCUT2D eigenvalue weighted by atomic mass is 32.2. The summed E-state index contributed by atoms with van der Waals surface area (Å²) in [5.41, 5.74) is 5.33. The van der Waals surface area contributed by atoms with E-state index in [0.29, 0.717) is 4.75 Å². The quantitative estimate of drug-likeness (QED) is 0.615. The monoisotopic (exact) mass is 176 g/mol. The molecule has 0 unspecified atom stereocenters. The minimum absolute atomic E-state index is 0.393. The molecular formula is C8H20N2S. The second-order valence-electron chi connectivity index (χ2n) is 3.50. The molecule has 0 aliphatic rings. The van der Waals surface area contributed by atoms with Gasteiger partial charge in [-0.15, -0.1) is 0 Å².